The van der Waals surface area contributed by atoms with Crippen LogP contribution in [0.4, 0.5) is 5.69 Å². The molecule has 0 aliphatic rings. The number of hydrogen-bond donors (Lipinski definition) is 2. The highest BCUT2D eigenvalue weighted by molar-refractivity contribution is 7.80. The number of benzene rings is 4. The van der Waals surface area contributed by atoms with Gasteiger partial charge in [-0.05, 0) is 54.2 Å². The van der Waals surface area contributed by atoms with Gasteiger partial charge < -0.3 is 19.5 Å². The minimum atomic E-state index is -0.380. The molecule has 7 heteroatoms. The first-order valence-electron chi connectivity index (χ1n) is 11.5. The fourth-order valence-electron chi connectivity index (χ4n) is 3.36. The molecule has 0 saturated heterocycles. The smallest absolute Gasteiger partial charge is 0.261 e. The molecule has 1 amide bonds. The van der Waals surface area contributed by atoms with Crippen LogP contribution in [0.5, 0.6) is 17.2 Å². The minimum Gasteiger partial charge on any atom is -0.490 e. The van der Waals surface area contributed by atoms with E-state index in [1.807, 2.05) is 84.9 Å². The van der Waals surface area contributed by atoms with Crippen molar-refractivity contribution in [2.75, 3.05) is 18.5 Å². The van der Waals surface area contributed by atoms with Gasteiger partial charge in [-0.2, -0.15) is 0 Å². The second-order valence-electron chi connectivity index (χ2n) is 7.68. The predicted molar refractivity (Wildman–Crippen MR) is 145 cm³/mol. The van der Waals surface area contributed by atoms with Crippen molar-refractivity contribution < 1.29 is 19.0 Å². The van der Waals surface area contributed by atoms with E-state index in [0.717, 1.165) is 11.3 Å². The van der Waals surface area contributed by atoms with E-state index in [4.69, 9.17) is 26.4 Å². The summed E-state index contributed by atoms with van der Waals surface area (Å²) in [5.74, 6) is 1.45. The number of carbonyl (C=O) groups is 1. The van der Waals surface area contributed by atoms with Gasteiger partial charge in [0.05, 0.1) is 11.3 Å². The Bertz CT molecular complexity index is 1280. The van der Waals surface area contributed by atoms with Gasteiger partial charge in [-0.25, -0.2) is 0 Å². The summed E-state index contributed by atoms with van der Waals surface area (Å²) < 4.78 is 17.4. The van der Waals surface area contributed by atoms with Crippen LogP contribution in [0.25, 0.3) is 0 Å². The Morgan fingerprint density at radius 3 is 2.06 bits per heavy atom. The highest BCUT2D eigenvalue weighted by Gasteiger charge is 2.15. The predicted octanol–water partition coefficient (Wildman–Crippen LogP) is 5.85. The molecule has 182 valence electrons. The number of hydrogen-bond acceptors (Lipinski definition) is 5. The van der Waals surface area contributed by atoms with E-state index in [1.165, 1.54) is 0 Å². The van der Waals surface area contributed by atoms with Crippen LogP contribution in [0.2, 0.25) is 0 Å². The van der Waals surface area contributed by atoms with Gasteiger partial charge in [0.25, 0.3) is 5.91 Å². The van der Waals surface area contributed by atoms with E-state index < -0.39 is 0 Å². The fourth-order valence-corrected chi connectivity index (χ4v) is 3.57. The molecular formula is C29H26N2O4S. The number of nitrogens with one attached hydrogen (secondary N) is 2. The monoisotopic (exact) mass is 498 g/mol. The third-order valence-electron chi connectivity index (χ3n) is 5.08. The molecule has 6 nitrogen and oxygen atoms in total. The summed E-state index contributed by atoms with van der Waals surface area (Å²) in [7, 11) is 0. The lowest BCUT2D eigenvalue weighted by atomic mass is 10.2. The molecule has 0 fully saturated rings. The molecular weight excluding hydrogens is 472 g/mol. The molecule has 0 heterocycles. The zero-order valence-electron chi connectivity index (χ0n) is 19.6. The number of carbonyl (C=O) groups excluding carboxylic acids is 1. The van der Waals surface area contributed by atoms with Gasteiger partial charge in [-0.3, -0.25) is 10.1 Å². The maximum Gasteiger partial charge on any atom is 0.261 e. The molecule has 4 rings (SSSR count). The first-order valence-corrected chi connectivity index (χ1v) is 11.9. The van der Waals surface area contributed by atoms with Gasteiger partial charge in [0.1, 0.15) is 37.1 Å². The van der Waals surface area contributed by atoms with E-state index in [0.29, 0.717) is 36.0 Å². The second kappa shape index (κ2) is 12.9. The van der Waals surface area contributed by atoms with E-state index in [2.05, 4.69) is 10.6 Å². The number of anilines is 1. The molecule has 0 radical (unpaired) electrons. The topological polar surface area (TPSA) is 68.8 Å². The van der Waals surface area contributed by atoms with E-state index >= 15 is 0 Å². The molecule has 36 heavy (non-hydrogen) atoms. The Morgan fingerprint density at radius 2 is 1.28 bits per heavy atom. The third kappa shape index (κ3) is 7.32. The van der Waals surface area contributed by atoms with Gasteiger partial charge >= 0.3 is 0 Å². The molecule has 0 saturated carbocycles. The molecule has 4 aromatic carbocycles. The van der Waals surface area contributed by atoms with Crippen molar-refractivity contribution in [3.05, 3.63) is 120 Å². The van der Waals surface area contributed by atoms with Crippen LogP contribution < -0.4 is 24.8 Å². The first kappa shape index (κ1) is 24.8. The standard InChI is InChI=1S/C29H26N2O4S/c32-28(24-15-7-9-17-26(24)34-20-19-33-23-13-5-2-6-14-23)31-29(36)30-25-16-8-10-18-27(25)35-21-22-11-3-1-4-12-22/h1-18H,19-21H2,(H2,30,31,32,36). The van der Waals surface area contributed by atoms with Crippen LogP contribution in [0.15, 0.2) is 109 Å². The van der Waals surface area contributed by atoms with Crippen LogP contribution >= 0.6 is 12.2 Å². The number of amides is 1. The molecule has 0 aliphatic carbocycles. The molecule has 0 aliphatic heterocycles. The summed E-state index contributed by atoms with van der Waals surface area (Å²) in [6.45, 7) is 1.05. The Kier molecular flexibility index (Phi) is 8.89. The number of rotatable bonds is 10. The van der Waals surface area contributed by atoms with Gasteiger partial charge in [0.2, 0.25) is 0 Å². The van der Waals surface area contributed by atoms with Gasteiger partial charge in [0.15, 0.2) is 5.11 Å². The molecule has 0 aromatic heterocycles. The Hall–Kier alpha value is -4.36. The van der Waals surface area contributed by atoms with Crippen molar-refractivity contribution in [1.82, 2.24) is 5.32 Å². The average Bonchev–Trinajstić information content (AvgIpc) is 2.92. The Balaban J connectivity index is 1.32. The molecule has 2 N–H and O–H groups in total. The highest BCUT2D eigenvalue weighted by Crippen LogP contribution is 2.25. The maximum atomic E-state index is 12.9. The minimum absolute atomic E-state index is 0.151. The lowest BCUT2D eigenvalue weighted by molar-refractivity contribution is 0.0972. The first-order chi connectivity index (χ1) is 17.7. The van der Waals surface area contributed by atoms with Crippen molar-refractivity contribution in [3.8, 4) is 17.2 Å². The molecule has 0 unspecified atom stereocenters. The Morgan fingerprint density at radius 1 is 0.667 bits per heavy atom. The SMILES string of the molecule is O=C(NC(=S)Nc1ccccc1OCc1ccccc1)c1ccccc1OCCOc1ccccc1. The zero-order valence-corrected chi connectivity index (χ0v) is 20.4. The van der Waals surface area contributed by atoms with Gasteiger partial charge in [-0.1, -0.05) is 72.8 Å². The summed E-state index contributed by atoms with van der Waals surface area (Å²) in [5.41, 5.74) is 2.07. The zero-order chi connectivity index (χ0) is 25.0. The van der Waals surface area contributed by atoms with Crippen LogP contribution in [-0.2, 0) is 6.61 Å². The van der Waals surface area contributed by atoms with Crippen molar-refractivity contribution in [1.29, 1.82) is 0 Å². The van der Waals surface area contributed by atoms with E-state index in [9.17, 15) is 4.79 Å². The number of ether oxygens (including phenoxy) is 3. The quantitative estimate of drug-likeness (QED) is 0.211. The highest BCUT2D eigenvalue weighted by atomic mass is 32.1. The van der Waals surface area contributed by atoms with Gasteiger partial charge in [-0.15, -0.1) is 0 Å². The summed E-state index contributed by atoms with van der Waals surface area (Å²) in [5, 5.41) is 5.92. The number of thiocarbonyl (C=S) groups is 1. The molecule has 0 spiro atoms. The lowest BCUT2D eigenvalue weighted by Crippen LogP contribution is -2.34. The normalized spacial score (nSPS) is 10.2. The van der Waals surface area contributed by atoms with Crippen molar-refractivity contribution in [2.24, 2.45) is 0 Å². The van der Waals surface area contributed by atoms with Crippen LogP contribution in [-0.4, -0.2) is 24.2 Å². The summed E-state index contributed by atoms with van der Waals surface area (Å²) in [6.07, 6.45) is 0. The van der Waals surface area contributed by atoms with Crippen LogP contribution in [0, 0.1) is 0 Å². The van der Waals surface area contributed by atoms with Gasteiger partial charge in [0, 0.05) is 0 Å². The fraction of sp³-hybridized carbons (Fsp3) is 0.103. The lowest BCUT2D eigenvalue weighted by Gasteiger charge is -2.15. The molecule has 0 atom stereocenters. The van der Waals surface area contributed by atoms with E-state index in [-0.39, 0.29) is 17.6 Å². The summed E-state index contributed by atoms with van der Waals surface area (Å²) in [4.78, 5) is 12.9. The van der Waals surface area contributed by atoms with Crippen molar-refractivity contribution in [2.45, 2.75) is 6.61 Å². The molecule has 4 aromatic rings. The van der Waals surface area contributed by atoms with Crippen molar-refractivity contribution >= 4 is 28.9 Å². The summed E-state index contributed by atoms with van der Waals surface area (Å²) in [6, 6.07) is 33.8. The maximum absolute atomic E-state index is 12.9. The van der Waals surface area contributed by atoms with Crippen molar-refractivity contribution in [3.63, 3.8) is 0 Å². The van der Waals surface area contributed by atoms with Crippen LogP contribution in [0.3, 0.4) is 0 Å². The molecule has 0 bridgehead atoms. The second-order valence-corrected chi connectivity index (χ2v) is 8.09. The average molecular weight is 499 g/mol. The largest absolute Gasteiger partial charge is 0.490 e. The van der Waals surface area contributed by atoms with E-state index in [1.54, 1.807) is 24.3 Å². The van der Waals surface area contributed by atoms with Crippen LogP contribution in [0.1, 0.15) is 15.9 Å². The third-order valence-corrected chi connectivity index (χ3v) is 5.29. The Labute approximate surface area is 215 Å². The number of para-hydroxylation sites is 4. The summed E-state index contributed by atoms with van der Waals surface area (Å²) >= 11 is 5.39.